The summed E-state index contributed by atoms with van der Waals surface area (Å²) in [6.07, 6.45) is 3.68. The van der Waals surface area contributed by atoms with E-state index in [1.165, 1.54) is 6.07 Å². The monoisotopic (exact) mass is 1470 g/mol. The minimum atomic E-state index is -5.78. The third kappa shape index (κ3) is 11.0. The third-order valence-corrected chi connectivity index (χ3v) is 22.5. The summed E-state index contributed by atoms with van der Waals surface area (Å²) in [6.45, 7) is 19.2. The summed E-state index contributed by atoms with van der Waals surface area (Å²) >= 11 is 0. The fraction of sp³-hybridized carbons (Fsp3) is 0.133. The predicted octanol–water partition coefficient (Wildman–Crippen LogP) is 19.7. The van der Waals surface area contributed by atoms with E-state index in [0.29, 0.717) is 78.4 Å². The zero-order valence-electron chi connectivity index (χ0n) is 74.7. The minimum absolute atomic E-state index is 0. The van der Waals surface area contributed by atoms with Crippen LogP contribution in [0.25, 0.3) is 106 Å². The van der Waals surface area contributed by atoms with Gasteiger partial charge < -0.3 is 9.30 Å². The van der Waals surface area contributed by atoms with Crippen LogP contribution in [-0.4, -0.2) is 22.2 Å². The maximum absolute atomic E-state index is 10.1. The maximum Gasteiger partial charge on any atom is 0.253 e. The number of para-hydroxylation sites is 2. The Morgan fingerprint density at radius 1 is 0.423 bits per heavy atom. The Kier molecular flexibility index (Phi) is 11.0. The maximum atomic E-state index is 10.1. The molecule has 0 amide bonds. The molecule has 0 fully saturated rings. The number of pyridine rings is 1. The molecule has 1 aliphatic heterocycles. The summed E-state index contributed by atoms with van der Waals surface area (Å²) in [5, 5.41) is -0.195. The number of benzene rings is 12. The Morgan fingerprint density at radius 3 is 1.64 bits per heavy atom. The van der Waals surface area contributed by atoms with E-state index < -0.39 is 155 Å². The van der Waals surface area contributed by atoms with Crippen molar-refractivity contribution >= 4 is 61.7 Å². The molecule has 0 spiro atoms. The van der Waals surface area contributed by atoms with Gasteiger partial charge in [0, 0.05) is 66.7 Å². The van der Waals surface area contributed by atoms with E-state index in [9.17, 15) is 19.2 Å². The Balaban J connectivity index is 0.0000107. The number of aromatic nitrogens is 4. The van der Waals surface area contributed by atoms with E-state index in [2.05, 4.69) is 109 Å². The van der Waals surface area contributed by atoms with Crippen molar-refractivity contribution in [3.05, 3.63) is 320 Å². The quantitative estimate of drug-likeness (QED) is 0.0592. The van der Waals surface area contributed by atoms with Crippen molar-refractivity contribution in [2.24, 2.45) is 0 Å². The van der Waals surface area contributed by atoms with Crippen LogP contribution in [-0.2, 0) is 37.3 Å². The molecule has 476 valence electrons. The minimum Gasteiger partial charge on any atom is -0.509 e. The summed E-state index contributed by atoms with van der Waals surface area (Å²) in [7, 11) is -5.78. The molecule has 15 aromatic rings. The van der Waals surface area contributed by atoms with E-state index in [4.69, 9.17) is 17.9 Å². The van der Waals surface area contributed by atoms with Crippen LogP contribution >= 0.6 is 0 Å². The van der Waals surface area contributed by atoms with Crippen molar-refractivity contribution in [2.45, 2.75) is 78.6 Å². The molecule has 12 aromatic carbocycles. The number of hydrogen-bond donors (Lipinski definition) is 0. The van der Waals surface area contributed by atoms with E-state index in [1.807, 2.05) is 113 Å². The smallest absolute Gasteiger partial charge is 0.253 e. The average molecular weight is 1470 g/mol. The molecule has 0 radical (unpaired) electrons. The van der Waals surface area contributed by atoms with E-state index >= 15 is 0 Å². The Labute approximate surface area is 613 Å². The molecule has 0 N–H and O–H groups in total. The van der Waals surface area contributed by atoms with Crippen molar-refractivity contribution in [3.63, 3.8) is 0 Å². The van der Waals surface area contributed by atoms with Crippen LogP contribution < -0.4 is 30.1 Å². The molecule has 0 saturated heterocycles. The average Bonchev–Trinajstić information content (AvgIpc) is 1.67. The SMILES string of the molecule is [2H]c1c([2H])c([2H])c(-c2cc3c4c(c2)n(-c2[c-]c(Oc5[c-]c6c(cc5)c5ccccc5n6-c5cc(C(C)(C)C)ccn5)ccc2)c[n+]4-c2c(-c4cc(C(C)(C)C)cc(C(C)(C)C)c4)cccc2-c2cc([Si](c4c([2H])c([2H])c([2H])c([2H])c4[2H])(c4c([2H])c([2H])c([2H])c([2H])c4[2H])c4c([2H])c([2H])c([2H])c([2H])c4[2H])ccc2-c2ccccc2-3)c([2H])c1[2H].[Pt]. The Morgan fingerprint density at radius 2 is 0.990 bits per heavy atom. The number of fused-ring (bicyclic) bond motifs is 10. The van der Waals surface area contributed by atoms with Crippen molar-refractivity contribution in [1.82, 2.24) is 14.1 Å². The van der Waals surface area contributed by atoms with Crippen molar-refractivity contribution in [1.29, 1.82) is 0 Å². The van der Waals surface area contributed by atoms with Crippen LogP contribution in [0.15, 0.2) is 291 Å². The van der Waals surface area contributed by atoms with Crippen LogP contribution in [0.4, 0.5) is 0 Å². The summed E-state index contributed by atoms with van der Waals surface area (Å²) in [4.78, 5) is 4.90. The first-order valence-corrected chi connectivity index (χ1v) is 33.8. The van der Waals surface area contributed by atoms with Gasteiger partial charge in [-0.3, -0.25) is 0 Å². The van der Waals surface area contributed by atoms with Gasteiger partial charge in [0.25, 0.3) is 6.33 Å². The predicted molar refractivity (Wildman–Crippen MR) is 402 cm³/mol. The summed E-state index contributed by atoms with van der Waals surface area (Å²) in [5.41, 5.74) is 9.55. The van der Waals surface area contributed by atoms with E-state index in [1.54, 1.807) is 30.3 Å². The molecule has 7 heteroatoms. The van der Waals surface area contributed by atoms with Gasteiger partial charge in [-0.05, 0) is 128 Å². The summed E-state index contributed by atoms with van der Waals surface area (Å²) in [5.74, 6) is 1.30. The molecule has 3 aromatic heterocycles. The van der Waals surface area contributed by atoms with Gasteiger partial charge in [0.15, 0.2) is 19.1 Å². The molecule has 97 heavy (non-hydrogen) atoms. The van der Waals surface area contributed by atoms with Gasteiger partial charge in [-0.15, -0.1) is 29.7 Å². The fourth-order valence-corrected chi connectivity index (χ4v) is 17.4. The molecule has 0 unspecified atom stereocenters. The zero-order valence-corrected chi connectivity index (χ0v) is 58.0. The van der Waals surface area contributed by atoms with Gasteiger partial charge in [0.2, 0.25) is 0 Å². The molecular weight excluding hydrogens is 1380 g/mol. The summed E-state index contributed by atoms with van der Waals surface area (Å²) in [6, 6.07) is 40.4. The normalized spacial score (nSPS) is 15.2. The van der Waals surface area contributed by atoms with Gasteiger partial charge >= 0.3 is 0 Å². The second-order valence-corrected chi connectivity index (χ2v) is 31.0. The van der Waals surface area contributed by atoms with Crippen molar-refractivity contribution in [2.75, 3.05) is 0 Å². The van der Waals surface area contributed by atoms with Gasteiger partial charge in [-0.25, -0.2) is 9.55 Å². The van der Waals surface area contributed by atoms with Gasteiger partial charge in [-0.2, -0.15) is 16.7 Å². The number of imidazole rings is 1. The number of rotatable bonds is 10. The first-order valence-electron chi connectivity index (χ1n) is 41.8. The van der Waals surface area contributed by atoms with Crippen LogP contribution in [0, 0.1) is 12.1 Å². The molecule has 5 nitrogen and oxygen atoms in total. The fourth-order valence-electron chi connectivity index (χ4n) is 13.5. The van der Waals surface area contributed by atoms with E-state index in [0.717, 1.165) is 38.5 Å². The number of nitrogens with zero attached hydrogens (tertiary/aromatic N) is 4. The van der Waals surface area contributed by atoms with Crippen molar-refractivity contribution in [3.8, 4) is 84.3 Å². The van der Waals surface area contributed by atoms with Crippen LogP contribution in [0.5, 0.6) is 11.5 Å². The molecule has 0 atom stereocenters. The second kappa shape index (κ2) is 24.4. The summed E-state index contributed by atoms with van der Waals surface area (Å²) < 4.78 is 203. The Hall–Kier alpha value is -10.2. The molecule has 16 rings (SSSR count). The van der Waals surface area contributed by atoms with Crippen molar-refractivity contribution < 1.29 is 57.8 Å². The van der Waals surface area contributed by atoms with Gasteiger partial charge in [0.05, 0.1) is 27.4 Å². The molecule has 4 heterocycles. The number of hydrogen-bond acceptors (Lipinski definition) is 2. The third-order valence-electron chi connectivity index (χ3n) is 18.4. The number of ether oxygens (including phenoxy) is 1. The van der Waals surface area contributed by atoms with Crippen LogP contribution in [0.2, 0.25) is 0 Å². The molecular formula is C90H75N4OPtSi-. The van der Waals surface area contributed by atoms with E-state index in [-0.39, 0.29) is 48.5 Å². The zero-order chi connectivity index (χ0) is 83.1. The molecule has 0 aliphatic carbocycles. The topological polar surface area (TPSA) is 35.9 Å². The molecule has 1 aliphatic rings. The van der Waals surface area contributed by atoms with Gasteiger partial charge in [0.1, 0.15) is 11.5 Å². The van der Waals surface area contributed by atoms with Crippen LogP contribution in [0.3, 0.4) is 0 Å². The van der Waals surface area contributed by atoms with Crippen LogP contribution in [0.1, 0.15) is 106 Å². The standard InChI is InChI=1S/C90H75N4OSi.Pt/c1-88(2,3)63-48-49-91-85(55-63)94-82-43-25-24-40-77(82)78-46-44-68(57-83(78)94)95-67-31-26-30-66(56-67)92-59-93-86-73(62-50-64(89(4,5)6)54-65(51-62)90(7,8)9)41-27-42-79(86)80-58-72(96(69-32-16-11-17-33-69,70-34-18-12-19-35-70)71-36-20-13-21-37-71)45-47-76(80)74-38-22-23-39-75(74)81-52-61(53-84(92)87(81)93)60-28-14-10-15-29-60;/h10-55,58-59H,1-9H3;/q-1;/i10D,11D,12D,13D,14D,15D,16D,17D,18D,19D,20D,21D,28D,29D,32D,33D,34D,35D,36D,37D;. The van der Waals surface area contributed by atoms with Gasteiger partial charge in [-0.1, -0.05) is 292 Å². The second-order valence-electron chi connectivity index (χ2n) is 27.4. The molecule has 0 bridgehead atoms. The Bertz CT molecular complexity index is 6480. The molecule has 0 saturated carbocycles. The first kappa shape index (κ1) is 43.8. The largest absolute Gasteiger partial charge is 0.509 e. The first-order chi connectivity index (χ1) is 54.8.